The highest BCUT2D eigenvalue weighted by atomic mass is 16.5. The molecule has 96 valence electrons. The SMILES string of the molecule is CCC(C)(C)OCC(O)c1ccc(OC)cc1. The molecule has 1 atom stereocenters. The summed E-state index contributed by atoms with van der Waals surface area (Å²) in [5.74, 6) is 0.788. The van der Waals surface area contributed by atoms with Gasteiger partial charge in [0.2, 0.25) is 0 Å². The fourth-order valence-corrected chi connectivity index (χ4v) is 1.33. The van der Waals surface area contributed by atoms with Crippen molar-refractivity contribution in [2.75, 3.05) is 13.7 Å². The first-order chi connectivity index (χ1) is 7.98. The smallest absolute Gasteiger partial charge is 0.118 e. The molecular weight excluding hydrogens is 216 g/mol. The minimum absolute atomic E-state index is 0.187. The van der Waals surface area contributed by atoms with Crippen molar-refractivity contribution in [3.8, 4) is 5.75 Å². The van der Waals surface area contributed by atoms with Crippen LogP contribution in [0.5, 0.6) is 5.75 Å². The third-order valence-corrected chi connectivity index (χ3v) is 2.98. The van der Waals surface area contributed by atoms with Crippen LogP contribution in [0, 0.1) is 0 Å². The Morgan fingerprint density at radius 1 is 1.24 bits per heavy atom. The topological polar surface area (TPSA) is 38.7 Å². The molecule has 0 aliphatic carbocycles. The largest absolute Gasteiger partial charge is 0.497 e. The van der Waals surface area contributed by atoms with Crippen LogP contribution in [0.15, 0.2) is 24.3 Å². The molecule has 0 aliphatic heterocycles. The van der Waals surface area contributed by atoms with E-state index in [0.717, 1.165) is 17.7 Å². The zero-order valence-electron chi connectivity index (χ0n) is 11.1. The molecule has 1 N–H and O–H groups in total. The monoisotopic (exact) mass is 238 g/mol. The van der Waals surface area contributed by atoms with Crippen molar-refractivity contribution >= 4 is 0 Å². The second kappa shape index (κ2) is 6.03. The second-order valence-electron chi connectivity index (χ2n) is 4.71. The zero-order chi connectivity index (χ0) is 12.9. The average Bonchev–Trinajstić information content (AvgIpc) is 2.36. The maximum atomic E-state index is 9.98. The molecule has 3 heteroatoms. The first-order valence-electron chi connectivity index (χ1n) is 5.94. The lowest BCUT2D eigenvalue weighted by molar-refractivity contribution is -0.0618. The van der Waals surface area contributed by atoms with Gasteiger partial charge in [0.15, 0.2) is 0 Å². The molecule has 0 heterocycles. The van der Waals surface area contributed by atoms with Crippen molar-refractivity contribution in [2.45, 2.75) is 38.9 Å². The molecule has 1 unspecified atom stereocenters. The minimum Gasteiger partial charge on any atom is -0.497 e. The summed E-state index contributed by atoms with van der Waals surface area (Å²) in [5.41, 5.74) is 0.658. The molecule has 0 aliphatic rings. The van der Waals surface area contributed by atoms with E-state index in [4.69, 9.17) is 9.47 Å². The van der Waals surface area contributed by atoms with Crippen LogP contribution in [0.2, 0.25) is 0 Å². The molecular formula is C14H22O3. The van der Waals surface area contributed by atoms with Gasteiger partial charge < -0.3 is 14.6 Å². The lowest BCUT2D eigenvalue weighted by Gasteiger charge is -2.25. The summed E-state index contributed by atoms with van der Waals surface area (Å²) in [6.45, 7) is 6.43. The quantitative estimate of drug-likeness (QED) is 0.828. The van der Waals surface area contributed by atoms with E-state index in [2.05, 4.69) is 6.92 Å². The normalized spacial score (nSPS) is 13.5. The summed E-state index contributed by atoms with van der Waals surface area (Å²) in [4.78, 5) is 0. The van der Waals surface area contributed by atoms with Crippen molar-refractivity contribution in [1.82, 2.24) is 0 Å². The average molecular weight is 238 g/mol. The summed E-state index contributed by atoms with van der Waals surface area (Å²) in [6.07, 6.45) is 0.328. The molecule has 3 nitrogen and oxygen atoms in total. The van der Waals surface area contributed by atoms with Crippen molar-refractivity contribution in [1.29, 1.82) is 0 Å². The highest BCUT2D eigenvalue weighted by Gasteiger charge is 2.18. The molecule has 1 rings (SSSR count). The molecule has 17 heavy (non-hydrogen) atoms. The first-order valence-corrected chi connectivity index (χ1v) is 5.94. The number of benzene rings is 1. The number of hydrogen-bond acceptors (Lipinski definition) is 3. The summed E-state index contributed by atoms with van der Waals surface area (Å²) >= 11 is 0. The Bertz CT molecular complexity index is 330. The van der Waals surface area contributed by atoms with Crippen LogP contribution in [0.1, 0.15) is 38.9 Å². The van der Waals surface area contributed by atoms with Gasteiger partial charge >= 0.3 is 0 Å². The number of rotatable bonds is 6. The van der Waals surface area contributed by atoms with Crippen molar-refractivity contribution in [3.63, 3.8) is 0 Å². The first kappa shape index (κ1) is 14.0. The third-order valence-electron chi connectivity index (χ3n) is 2.98. The molecule has 0 saturated carbocycles. The Balaban J connectivity index is 2.54. The van der Waals surface area contributed by atoms with Gasteiger partial charge in [-0.3, -0.25) is 0 Å². The predicted molar refractivity (Wildman–Crippen MR) is 68.3 cm³/mol. The highest BCUT2D eigenvalue weighted by molar-refractivity contribution is 5.28. The molecule has 1 aromatic carbocycles. The van der Waals surface area contributed by atoms with Crippen LogP contribution in [0.4, 0.5) is 0 Å². The molecule has 1 aromatic rings. The number of hydrogen-bond donors (Lipinski definition) is 1. The molecule has 0 fully saturated rings. The number of methoxy groups -OCH3 is 1. The van der Waals surface area contributed by atoms with Gasteiger partial charge in [0.05, 0.1) is 19.3 Å². The van der Waals surface area contributed by atoms with E-state index >= 15 is 0 Å². The van der Waals surface area contributed by atoms with Gasteiger partial charge in [-0.05, 0) is 38.0 Å². The van der Waals surface area contributed by atoms with Crippen LogP contribution < -0.4 is 4.74 Å². The molecule has 0 saturated heterocycles. The fourth-order valence-electron chi connectivity index (χ4n) is 1.33. The summed E-state index contributed by atoms with van der Waals surface area (Å²) in [7, 11) is 1.62. The van der Waals surface area contributed by atoms with Crippen LogP contribution in [-0.4, -0.2) is 24.4 Å². The standard InChI is InChI=1S/C14H22O3/c1-5-14(2,3)17-10-13(15)11-6-8-12(16-4)9-7-11/h6-9,13,15H,5,10H2,1-4H3. The predicted octanol–water partition coefficient (Wildman–Crippen LogP) is 2.93. The number of aliphatic hydroxyl groups excluding tert-OH is 1. The summed E-state index contributed by atoms with van der Waals surface area (Å²) in [6, 6.07) is 7.38. The van der Waals surface area contributed by atoms with E-state index in [1.54, 1.807) is 7.11 Å². The Labute approximate surface area is 103 Å². The van der Waals surface area contributed by atoms with E-state index in [1.807, 2.05) is 38.1 Å². The number of ether oxygens (including phenoxy) is 2. The minimum atomic E-state index is -0.591. The maximum Gasteiger partial charge on any atom is 0.118 e. The summed E-state index contributed by atoms with van der Waals surface area (Å²) in [5, 5.41) is 9.98. The van der Waals surface area contributed by atoms with Crippen LogP contribution in [-0.2, 0) is 4.74 Å². The van der Waals surface area contributed by atoms with Crippen LogP contribution in [0.3, 0.4) is 0 Å². The second-order valence-corrected chi connectivity index (χ2v) is 4.71. The van der Waals surface area contributed by atoms with Crippen LogP contribution >= 0.6 is 0 Å². The van der Waals surface area contributed by atoms with Gasteiger partial charge in [-0.25, -0.2) is 0 Å². The van der Waals surface area contributed by atoms with E-state index in [9.17, 15) is 5.11 Å². The van der Waals surface area contributed by atoms with Crippen molar-refractivity contribution in [3.05, 3.63) is 29.8 Å². The van der Waals surface area contributed by atoms with Gasteiger partial charge in [0.25, 0.3) is 0 Å². The van der Waals surface area contributed by atoms with Gasteiger partial charge in [-0.2, -0.15) is 0 Å². The maximum absolute atomic E-state index is 9.98. The van der Waals surface area contributed by atoms with Crippen molar-refractivity contribution < 1.29 is 14.6 Å². The van der Waals surface area contributed by atoms with Gasteiger partial charge in [-0.1, -0.05) is 19.1 Å². The molecule has 0 spiro atoms. The Morgan fingerprint density at radius 2 is 1.82 bits per heavy atom. The van der Waals surface area contributed by atoms with E-state index in [-0.39, 0.29) is 5.60 Å². The molecule has 0 aromatic heterocycles. The zero-order valence-corrected chi connectivity index (χ0v) is 11.1. The molecule has 0 radical (unpaired) electrons. The number of aliphatic hydroxyl groups is 1. The van der Waals surface area contributed by atoms with Crippen LogP contribution in [0.25, 0.3) is 0 Å². The van der Waals surface area contributed by atoms with Gasteiger partial charge in [0.1, 0.15) is 11.9 Å². The fraction of sp³-hybridized carbons (Fsp3) is 0.571. The van der Waals surface area contributed by atoms with Crippen molar-refractivity contribution in [2.24, 2.45) is 0 Å². The Morgan fingerprint density at radius 3 is 2.29 bits per heavy atom. The van der Waals surface area contributed by atoms with Gasteiger partial charge in [-0.15, -0.1) is 0 Å². The highest BCUT2D eigenvalue weighted by Crippen LogP contribution is 2.21. The van der Waals surface area contributed by atoms with Gasteiger partial charge in [0, 0.05) is 0 Å². The molecule has 0 bridgehead atoms. The van der Waals surface area contributed by atoms with E-state index in [1.165, 1.54) is 0 Å². The lowest BCUT2D eigenvalue weighted by atomic mass is 10.1. The molecule has 0 amide bonds. The van der Waals surface area contributed by atoms with E-state index in [0.29, 0.717) is 6.61 Å². The third kappa shape index (κ3) is 4.36. The Hall–Kier alpha value is -1.06. The summed E-state index contributed by atoms with van der Waals surface area (Å²) < 4.78 is 10.7. The van der Waals surface area contributed by atoms with E-state index < -0.39 is 6.10 Å². The lowest BCUT2D eigenvalue weighted by Crippen LogP contribution is -2.25. The Kier molecular flexibility index (Phi) is 4.97.